The van der Waals surface area contributed by atoms with Crippen molar-refractivity contribution in [2.24, 2.45) is 11.1 Å². The van der Waals surface area contributed by atoms with E-state index >= 15 is 0 Å². The number of rotatable bonds is 4. The Hall–Kier alpha value is -3.51. The van der Waals surface area contributed by atoms with Crippen molar-refractivity contribution in [1.29, 1.82) is 0 Å². The van der Waals surface area contributed by atoms with Gasteiger partial charge in [0.2, 0.25) is 0 Å². The minimum atomic E-state index is -3.13. The summed E-state index contributed by atoms with van der Waals surface area (Å²) in [4.78, 5) is 6.09. The van der Waals surface area contributed by atoms with Gasteiger partial charge in [0.05, 0.1) is 17.7 Å². The average molecular weight is 478 g/mol. The van der Waals surface area contributed by atoms with Crippen molar-refractivity contribution in [3.63, 3.8) is 0 Å². The van der Waals surface area contributed by atoms with Gasteiger partial charge in [0.15, 0.2) is 6.10 Å². The molecule has 2 aliphatic rings. The molecule has 174 valence electrons. The number of oxime groups is 1. The highest BCUT2D eigenvalue weighted by molar-refractivity contribution is 6.92. The van der Waals surface area contributed by atoms with Crippen LogP contribution in [0.4, 0.5) is 0 Å². The Morgan fingerprint density at radius 1 is 0.600 bits per heavy atom. The normalized spacial score (nSPS) is 25.1. The van der Waals surface area contributed by atoms with Crippen LogP contribution in [0.15, 0.2) is 126 Å². The van der Waals surface area contributed by atoms with Crippen molar-refractivity contribution in [3.05, 3.63) is 132 Å². The summed E-state index contributed by atoms with van der Waals surface area (Å²) in [6.07, 6.45) is -0.790. The van der Waals surface area contributed by atoms with Crippen molar-refractivity contribution < 1.29 is 13.7 Å². The molecule has 5 heteroatoms. The Bertz CT molecular complexity index is 1260. The lowest BCUT2D eigenvalue weighted by Crippen LogP contribution is -2.64. The van der Waals surface area contributed by atoms with E-state index in [4.69, 9.17) is 13.7 Å². The van der Waals surface area contributed by atoms with E-state index in [9.17, 15) is 0 Å². The van der Waals surface area contributed by atoms with Crippen LogP contribution in [-0.2, 0) is 13.7 Å². The molecular weight excluding hydrogens is 450 g/mol. The van der Waals surface area contributed by atoms with Gasteiger partial charge in [-0.25, -0.2) is 0 Å². The van der Waals surface area contributed by atoms with E-state index in [1.54, 1.807) is 0 Å². The molecule has 0 N–H and O–H groups in total. The van der Waals surface area contributed by atoms with Gasteiger partial charge in [-0.2, -0.15) is 0 Å². The predicted molar refractivity (Wildman–Crippen MR) is 140 cm³/mol. The average Bonchev–Trinajstić information content (AvgIpc) is 3.33. The summed E-state index contributed by atoms with van der Waals surface area (Å²) < 4.78 is 14.4. The van der Waals surface area contributed by atoms with Crippen LogP contribution in [0, 0.1) is 5.92 Å². The second kappa shape index (κ2) is 9.27. The third-order valence-electron chi connectivity index (χ3n) is 6.89. The molecule has 0 radical (unpaired) electrons. The third kappa shape index (κ3) is 3.92. The first-order valence-corrected chi connectivity index (χ1v) is 13.9. The quantitative estimate of drug-likeness (QED) is 0.381. The Morgan fingerprint density at radius 3 is 1.63 bits per heavy atom. The minimum Gasteiger partial charge on any atom is -0.387 e. The van der Waals surface area contributed by atoms with Crippen molar-refractivity contribution in [2.75, 3.05) is 0 Å². The summed E-state index contributed by atoms with van der Waals surface area (Å²) in [6, 6.07) is 41.4. The van der Waals surface area contributed by atoms with E-state index in [0.717, 1.165) is 27.2 Å². The van der Waals surface area contributed by atoms with Crippen LogP contribution in [0.1, 0.15) is 30.3 Å². The van der Waals surface area contributed by atoms with Crippen molar-refractivity contribution in [2.45, 2.75) is 25.2 Å². The van der Waals surface area contributed by atoms with Gasteiger partial charge in [-0.05, 0) is 28.4 Å². The van der Waals surface area contributed by atoms with E-state index in [0.29, 0.717) is 0 Å². The fourth-order valence-corrected chi connectivity index (χ4v) is 8.68. The first kappa shape index (κ1) is 22.0. The van der Waals surface area contributed by atoms with Crippen LogP contribution >= 0.6 is 0 Å². The second-order valence-electron chi connectivity index (χ2n) is 9.06. The molecule has 4 aromatic carbocycles. The van der Waals surface area contributed by atoms with E-state index in [1.165, 1.54) is 0 Å². The zero-order chi connectivity index (χ0) is 23.7. The lowest BCUT2D eigenvalue weighted by atomic mass is 9.84. The highest BCUT2D eigenvalue weighted by Gasteiger charge is 2.55. The van der Waals surface area contributed by atoms with Crippen LogP contribution in [0.25, 0.3) is 0 Å². The van der Waals surface area contributed by atoms with Gasteiger partial charge in [0.25, 0.3) is 0 Å². The molecule has 1 fully saturated rings. The van der Waals surface area contributed by atoms with Gasteiger partial charge in [-0.1, -0.05) is 126 Å². The van der Waals surface area contributed by atoms with Gasteiger partial charge < -0.3 is 13.7 Å². The van der Waals surface area contributed by atoms with E-state index in [-0.39, 0.29) is 24.2 Å². The summed E-state index contributed by atoms with van der Waals surface area (Å²) in [5.74, 6) is -0.0793. The van der Waals surface area contributed by atoms with Gasteiger partial charge in [-0.3, -0.25) is 0 Å². The summed E-state index contributed by atoms with van der Waals surface area (Å²) >= 11 is 0. The predicted octanol–water partition coefficient (Wildman–Crippen LogP) is 5.16. The smallest absolute Gasteiger partial charge is 0.387 e. The molecule has 4 nitrogen and oxygen atoms in total. The molecule has 4 atom stereocenters. The fraction of sp³-hybridized carbons (Fsp3) is 0.167. The molecule has 0 aliphatic carbocycles. The second-order valence-corrected chi connectivity index (χ2v) is 11.9. The summed E-state index contributed by atoms with van der Waals surface area (Å²) in [5.41, 5.74) is 3.03. The lowest BCUT2D eigenvalue weighted by Gasteiger charge is -2.34. The Labute approximate surface area is 207 Å². The van der Waals surface area contributed by atoms with Gasteiger partial charge in [0, 0.05) is 0 Å². The highest BCUT2D eigenvalue weighted by atomic mass is 28.4. The zero-order valence-corrected chi connectivity index (χ0v) is 20.5. The van der Waals surface area contributed by atoms with Gasteiger partial charge >= 0.3 is 8.56 Å². The summed E-state index contributed by atoms with van der Waals surface area (Å²) in [6.45, 7) is 2.13. The Morgan fingerprint density at radius 2 is 1.09 bits per heavy atom. The molecule has 0 spiro atoms. The minimum absolute atomic E-state index is 0.0793. The summed E-state index contributed by atoms with van der Waals surface area (Å²) in [7, 11) is -3.13. The van der Waals surface area contributed by atoms with Crippen LogP contribution in [-0.4, -0.2) is 20.4 Å². The number of nitrogens with zero attached hydrogens (tertiary/aromatic N) is 1. The largest absolute Gasteiger partial charge is 0.408 e. The number of benzene rings is 4. The van der Waals surface area contributed by atoms with Gasteiger partial charge in [0.1, 0.15) is 6.10 Å². The molecule has 0 aromatic heterocycles. The van der Waals surface area contributed by atoms with E-state index in [2.05, 4.69) is 84.9 Å². The highest BCUT2D eigenvalue weighted by Crippen LogP contribution is 2.44. The Kier molecular flexibility index (Phi) is 5.82. The molecule has 0 amide bonds. The van der Waals surface area contributed by atoms with Crippen molar-refractivity contribution in [3.8, 4) is 0 Å². The molecule has 4 aromatic rings. The fourth-order valence-electron chi connectivity index (χ4n) is 5.23. The van der Waals surface area contributed by atoms with E-state index < -0.39 is 8.56 Å². The molecule has 1 saturated heterocycles. The maximum Gasteiger partial charge on any atom is 0.408 e. The maximum atomic E-state index is 7.23. The first-order chi connectivity index (χ1) is 17.3. The number of hydrogen-bond donors (Lipinski definition) is 0. The molecule has 0 bridgehead atoms. The van der Waals surface area contributed by atoms with Crippen LogP contribution in [0.5, 0.6) is 0 Å². The molecule has 2 heterocycles. The number of hydrogen-bond acceptors (Lipinski definition) is 4. The van der Waals surface area contributed by atoms with Crippen molar-refractivity contribution >= 4 is 24.6 Å². The molecule has 0 saturated carbocycles. The number of fused-ring (bicyclic) bond motifs is 1. The summed E-state index contributed by atoms with van der Waals surface area (Å²) in [5, 5.41) is 6.83. The van der Waals surface area contributed by atoms with Crippen molar-refractivity contribution in [1.82, 2.24) is 0 Å². The standard InChI is InChI=1S/C30H27NO3Si/c1-22-27-28(31-32-29(27)23-14-6-2-7-15-23)30(24-16-8-3-9-17-24)34-35(33-22,25-18-10-4-11-19-25)26-20-12-5-13-21-26/h2-22,27,29-30H,1H3/t22-,27-,29+,30?/m0/s1. The van der Waals surface area contributed by atoms with Crippen LogP contribution in [0.2, 0.25) is 0 Å². The van der Waals surface area contributed by atoms with Crippen LogP contribution < -0.4 is 10.4 Å². The first-order valence-electron chi connectivity index (χ1n) is 12.1. The zero-order valence-electron chi connectivity index (χ0n) is 19.5. The Balaban J connectivity index is 1.55. The molecule has 35 heavy (non-hydrogen) atoms. The molecule has 6 rings (SSSR count). The molecule has 2 aliphatic heterocycles. The third-order valence-corrected chi connectivity index (χ3v) is 10.3. The molecular formula is C30H27NO3Si. The molecule has 1 unspecified atom stereocenters. The topological polar surface area (TPSA) is 40.0 Å². The monoisotopic (exact) mass is 477 g/mol. The SMILES string of the molecule is C[C@@H]1O[Si](c2ccccc2)(c2ccccc2)OC(c2ccccc2)C2=NO[C@H](c3ccccc3)[C@H]21. The van der Waals surface area contributed by atoms with E-state index in [1.807, 2.05) is 48.5 Å². The maximum absolute atomic E-state index is 7.23. The lowest BCUT2D eigenvalue weighted by molar-refractivity contribution is 0.0215. The van der Waals surface area contributed by atoms with Crippen LogP contribution in [0.3, 0.4) is 0 Å². The van der Waals surface area contributed by atoms with Gasteiger partial charge in [-0.15, -0.1) is 0 Å².